The molecule has 0 saturated carbocycles. The van der Waals surface area contributed by atoms with Crippen molar-refractivity contribution in [3.63, 3.8) is 0 Å². The zero-order chi connectivity index (χ0) is 25.9. The summed E-state index contributed by atoms with van der Waals surface area (Å²) < 4.78 is 11.0. The van der Waals surface area contributed by atoms with Crippen LogP contribution in [-0.4, -0.2) is 25.2 Å². The Balaban J connectivity index is 1.66. The molecule has 2 aliphatic heterocycles. The minimum absolute atomic E-state index is 0.112. The van der Waals surface area contributed by atoms with Gasteiger partial charge in [-0.15, -0.1) is 11.8 Å². The zero-order valence-corrected chi connectivity index (χ0v) is 22.6. The lowest BCUT2D eigenvalue weighted by molar-refractivity contribution is -0.139. The number of carbonyl (C=O) groups excluding carboxylic acids is 2. The van der Waals surface area contributed by atoms with E-state index in [9.17, 15) is 9.59 Å². The van der Waals surface area contributed by atoms with Gasteiger partial charge in [0.15, 0.2) is 0 Å². The average Bonchev–Trinajstić information content (AvgIpc) is 3.21. The third-order valence-corrected chi connectivity index (χ3v) is 7.77. The van der Waals surface area contributed by atoms with Crippen molar-refractivity contribution in [1.82, 2.24) is 5.32 Å². The number of esters is 2. The lowest BCUT2D eigenvalue weighted by atomic mass is 9.81. The molecule has 2 aliphatic rings. The lowest BCUT2D eigenvalue weighted by Crippen LogP contribution is -2.30. The van der Waals surface area contributed by atoms with Gasteiger partial charge in [-0.2, -0.15) is 0 Å². The van der Waals surface area contributed by atoms with Crippen molar-refractivity contribution in [2.45, 2.75) is 69.4 Å². The number of carbonyl (C=O) groups is 2. The highest BCUT2D eigenvalue weighted by Gasteiger charge is 2.42. The Morgan fingerprint density at radius 3 is 2.56 bits per heavy atom. The van der Waals surface area contributed by atoms with Crippen LogP contribution in [0.1, 0.15) is 70.1 Å². The van der Waals surface area contributed by atoms with Gasteiger partial charge in [-0.05, 0) is 41.5 Å². The quantitative estimate of drug-likeness (QED) is 0.255. The van der Waals surface area contributed by atoms with Crippen molar-refractivity contribution < 1.29 is 19.1 Å². The van der Waals surface area contributed by atoms with Gasteiger partial charge >= 0.3 is 11.9 Å². The summed E-state index contributed by atoms with van der Waals surface area (Å²) in [4.78, 5) is 27.1. The molecule has 1 atom stereocenters. The number of thioether (sulfide) groups is 1. The van der Waals surface area contributed by atoms with Crippen LogP contribution in [0.5, 0.6) is 0 Å². The smallest absolute Gasteiger partial charge is 0.337 e. The Morgan fingerprint density at radius 2 is 1.86 bits per heavy atom. The largest absolute Gasteiger partial charge is 0.462 e. The number of ether oxygens (including phenoxy) is 2. The van der Waals surface area contributed by atoms with Gasteiger partial charge in [-0.25, -0.2) is 9.59 Å². The predicted octanol–water partition coefficient (Wildman–Crippen LogP) is 6.39. The SMILES string of the molecule is CCCCOC(=O)C1=C(C)NC2=C(C(=O)OC2)C1c1ccccc1SCc1ccc(C(C)(C)C)cc1. The molecule has 0 aromatic heterocycles. The molecule has 0 aliphatic carbocycles. The standard InChI is InChI=1S/C30H35NO4S/c1-6-7-16-34-28(32)25-19(2)31-23-17-35-29(33)27(23)26(25)22-10-8-9-11-24(22)36-18-20-12-14-21(15-13-20)30(3,4)5/h8-15,26,31H,6-7,16-18H2,1-5H3. The minimum Gasteiger partial charge on any atom is -0.462 e. The van der Waals surface area contributed by atoms with Gasteiger partial charge in [-0.3, -0.25) is 0 Å². The number of rotatable bonds is 8. The molecule has 2 aromatic rings. The summed E-state index contributed by atoms with van der Waals surface area (Å²) in [6.45, 7) is 11.1. The fourth-order valence-electron chi connectivity index (χ4n) is 4.55. The first-order chi connectivity index (χ1) is 17.2. The fourth-order valence-corrected chi connectivity index (χ4v) is 5.59. The van der Waals surface area contributed by atoms with E-state index >= 15 is 0 Å². The second-order valence-electron chi connectivity index (χ2n) is 10.3. The Labute approximate surface area is 218 Å². The number of hydrogen-bond donors (Lipinski definition) is 1. The van der Waals surface area contributed by atoms with E-state index in [1.54, 1.807) is 11.8 Å². The van der Waals surface area contributed by atoms with Crippen molar-refractivity contribution in [3.8, 4) is 0 Å². The molecule has 36 heavy (non-hydrogen) atoms. The highest BCUT2D eigenvalue weighted by atomic mass is 32.2. The van der Waals surface area contributed by atoms with Crippen molar-refractivity contribution in [3.05, 3.63) is 87.8 Å². The topological polar surface area (TPSA) is 64.6 Å². The third-order valence-electron chi connectivity index (χ3n) is 6.61. The first-order valence-corrected chi connectivity index (χ1v) is 13.6. The van der Waals surface area contributed by atoms with E-state index in [0.717, 1.165) is 34.8 Å². The molecule has 0 fully saturated rings. The molecule has 4 rings (SSSR count). The van der Waals surface area contributed by atoms with Crippen LogP contribution in [0.25, 0.3) is 0 Å². The van der Waals surface area contributed by atoms with Crippen LogP contribution in [0.4, 0.5) is 0 Å². The molecule has 2 heterocycles. The van der Waals surface area contributed by atoms with Crippen molar-refractivity contribution in [1.29, 1.82) is 0 Å². The molecule has 1 N–H and O–H groups in total. The van der Waals surface area contributed by atoms with Gasteiger partial charge < -0.3 is 14.8 Å². The van der Waals surface area contributed by atoms with Crippen LogP contribution in [0.3, 0.4) is 0 Å². The molecule has 0 radical (unpaired) electrons. The summed E-state index contributed by atoms with van der Waals surface area (Å²) >= 11 is 1.71. The van der Waals surface area contributed by atoms with Gasteiger partial charge in [0.2, 0.25) is 0 Å². The molecular formula is C30H35NO4S. The number of benzene rings is 2. The summed E-state index contributed by atoms with van der Waals surface area (Å²) in [5, 5.41) is 3.23. The molecule has 2 aromatic carbocycles. The number of allylic oxidation sites excluding steroid dienone is 1. The molecule has 0 saturated heterocycles. The summed E-state index contributed by atoms with van der Waals surface area (Å²) in [6, 6.07) is 16.7. The summed E-state index contributed by atoms with van der Waals surface area (Å²) in [5.41, 5.74) is 5.97. The van der Waals surface area contributed by atoms with Gasteiger partial charge in [0.1, 0.15) is 6.61 Å². The Morgan fingerprint density at radius 1 is 1.14 bits per heavy atom. The number of dihydropyridines is 1. The molecule has 5 nitrogen and oxygen atoms in total. The van der Waals surface area contributed by atoms with Crippen molar-refractivity contribution in [2.24, 2.45) is 0 Å². The van der Waals surface area contributed by atoms with E-state index in [1.807, 2.05) is 25.1 Å². The van der Waals surface area contributed by atoms with E-state index in [-0.39, 0.29) is 24.0 Å². The summed E-state index contributed by atoms with van der Waals surface area (Å²) in [5.74, 6) is -0.520. The average molecular weight is 506 g/mol. The van der Waals surface area contributed by atoms with E-state index in [1.165, 1.54) is 11.1 Å². The molecule has 0 bridgehead atoms. The summed E-state index contributed by atoms with van der Waals surface area (Å²) in [6.07, 6.45) is 1.73. The molecule has 1 unspecified atom stereocenters. The Hall–Kier alpha value is -2.99. The van der Waals surface area contributed by atoms with Crippen LogP contribution < -0.4 is 5.32 Å². The number of hydrogen-bond acceptors (Lipinski definition) is 6. The normalized spacial score (nSPS) is 17.6. The van der Waals surface area contributed by atoms with Gasteiger partial charge in [0.05, 0.1) is 29.4 Å². The van der Waals surface area contributed by atoms with Crippen LogP contribution in [0.15, 0.2) is 76.0 Å². The van der Waals surface area contributed by atoms with Gasteiger partial charge in [0.25, 0.3) is 0 Å². The lowest BCUT2D eigenvalue weighted by Gasteiger charge is -2.29. The number of nitrogens with one attached hydrogen (secondary N) is 1. The maximum Gasteiger partial charge on any atom is 0.337 e. The molecule has 190 valence electrons. The van der Waals surface area contributed by atoms with Crippen LogP contribution in [0.2, 0.25) is 0 Å². The zero-order valence-electron chi connectivity index (χ0n) is 21.8. The number of unbranched alkanes of at least 4 members (excludes halogenated alkanes) is 1. The molecule has 0 spiro atoms. The predicted molar refractivity (Wildman–Crippen MR) is 144 cm³/mol. The van der Waals surface area contributed by atoms with Crippen LogP contribution in [0, 0.1) is 0 Å². The van der Waals surface area contributed by atoms with Crippen molar-refractivity contribution in [2.75, 3.05) is 13.2 Å². The van der Waals surface area contributed by atoms with Gasteiger partial charge in [-0.1, -0.05) is 76.6 Å². The summed E-state index contributed by atoms with van der Waals surface area (Å²) in [7, 11) is 0. The van der Waals surface area contributed by atoms with Crippen LogP contribution >= 0.6 is 11.8 Å². The second kappa shape index (κ2) is 11.0. The molecular weight excluding hydrogens is 470 g/mol. The molecule has 0 amide bonds. The molecule has 6 heteroatoms. The third kappa shape index (κ3) is 5.54. The maximum atomic E-state index is 13.3. The Bertz CT molecular complexity index is 1200. The Kier molecular flexibility index (Phi) is 7.94. The maximum absolute atomic E-state index is 13.3. The first kappa shape index (κ1) is 26.1. The number of cyclic esters (lactones) is 1. The highest BCUT2D eigenvalue weighted by molar-refractivity contribution is 7.98. The second-order valence-corrected chi connectivity index (χ2v) is 11.3. The fraction of sp³-hybridized carbons (Fsp3) is 0.400. The highest BCUT2D eigenvalue weighted by Crippen LogP contribution is 2.44. The van der Waals surface area contributed by atoms with E-state index in [0.29, 0.717) is 23.5 Å². The van der Waals surface area contributed by atoms with E-state index in [2.05, 4.69) is 63.3 Å². The monoisotopic (exact) mass is 505 g/mol. The van der Waals surface area contributed by atoms with Crippen LogP contribution in [-0.2, 0) is 30.2 Å². The minimum atomic E-state index is -0.530. The first-order valence-electron chi connectivity index (χ1n) is 12.6. The van der Waals surface area contributed by atoms with Gasteiger partial charge in [0, 0.05) is 16.3 Å². The van der Waals surface area contributed by atoms with E-state index < -0.39 is 5.92 Å². The van der Waals surface area contributed by atoms with E-state index in [4.69, 9.17) is 9.47 Å². The van der Waals surface area contributed by atoms with Crippen molar-refractivity contribution >= 4 is 23.7 Å².